The molecule has 0 amide bonds. The molecule has 2 aromatic rings. The predicted molar refractivity (Wildman–Crippen MR) is 125 cm³/mol. The second kappa shape index (κ2) is 9.05. The minimum Gasteiger partial charge on any atom is -0.384 e. The highest BCUT2D eigenvalue weighted by atomic mass is 35.5. The third-order valence-corrected chi connectivity index (χ3v) is 7.81. The number of nitriles is 1. The molecule has 4 rings (SSSR count). The quantitative estimate of drug-likeness (QED) is 0.441. The number of anilines is 1. The zero-order valence-electron chi connectivity index (χ0n) is 16.3. The van der Waals surface area contributed by atoms with Gasteiger partial charge in [0.15, 0.2) is 10.1 Å². The van der Waals surface area contributed by atoms with E-state index in [1.807, 2.05) is 0 Å². The summed E-state index contributed by atoms with van der Waals surface area (Å²) in [6.45, 7) is 3.71. The number of halogens is 2. The summed E-state index contributed by atoms with van der Waals surface area (Å²) in [4.78, 5) is 14.8. The van der Waals surface area contributed by atoms with E-state index >= 15 is 0 Å². The van der Waals surface area contributed by atoms with E-state index < -0.39 is 5.92 Å². The van der Waals surface area contributed by atoms with Crippen LogP contribution in [0.25, 0.3) is 0 Å². The van der Waals surface area contributed by atoms with Gasteiger partial charge in [0.25, 0.3) is 0 Å². The topological polar surface area (TPSA) is 95.9 Å². The van der Waals surface area contributed by atoms with Crippen LogP contribution in [0.1, 0.15) is 30.7 Å². The van der Waals surface area contributed by atoms with Crippen LogP contribution in [0.3, 0.4) is 0 Å². The number of ketones is 1. The van der Waals surface area contributed by atoms with Crippen molar-refractivity contribution >= 4 is 57.2 Å². The first-order valence-corrected chi connectivity index (χ1v) is 12.0. The minimum atomic E-state index is -0.715. The first-order chi connectivity index (χ1) is 15.0. The summed E-state index contributed by atoms with van der Waals surface area (Å²) in [7, 11) is 0. The van der Waals surface area contributed by atoms with E-state index in [2.05, 4.69) is 22.8 Å². The lowest BCUT2D eigenvalue weighted by Gasteiger charge is -2.38. The number of hydrogen-bond donors (Lipinski definition) is 1. The molecule has 0 saturated carbocycles. The highest BCUT2D eigenvalue weighted by molar-refractivity contribution is 8.01. The number of allylic oxidation sites excluding steroid dienone is 3. The molecule has 0 saturated heterocycles. The zero-order valence-corrected chi connectivity index (χ0v) is 19.4. The lowest BCUT2D eigenvalue weighted by molar-refractivity contribution is -0.116. The van der Waals surface area contributed by atoms with Gasteiger partial charge in [0, 0.05) is 39.1 Å². The average Bonchev–Trinajstić information content (AvgIpc) is 3.20. The van der Waals surface area contributed by atoms with Gasteiger partial charge < -0.3 is 5.73 Å². The summed E-state index contributed by atoms with van der Waals surface area (Å²) in [5.41, 5.74) is 8.49. The van der Waals surface area contributed by atoms with Gasteiger partial charge in [0.05, 0.1) is 17.6 Å². The van der Waals surface area contributed by atoms with Gasteiger partial charge in [0.2, 0.25) is 5.13 Å². The van der Waals surface area contributed by atoms with E-state index in [9.17, 15) is 10.1 Å². The van der Waals surface area contributed by atoms with Crippen LogP contribution in [0, 0.1) is 11.3 Å². The largest absolute Gasteiger partial charge is 0.384 e. The lowest BCUT2D eigenvalue weighted by Crippen LogP contribution is -2.38. The molecule has 158 valence electrons. The first-order valence-electron chi connectivity index (χ1n) is 9.45. The van der Waals surface area contributed by atoms with Crippen molar-refractivity contribution < 1.29 is 4.79 Å². The van der Waals surface area contributed by atoms with Gasteiger partial charge in [0.1, 0.15) is 5.82 Å². The molecule has 1 aromatic heterocycles. The number of hydrogen-bond acceptors (Lipinski definition) is 8. The molecule has 2 aliphatic rings. The second-order valence-corrected chi connectivity index (χ2v) is 9.94. The van der Waals surface area contributed by atoms with Gasteiger partial charge in [-0.3, -0.25) is 9.69 Å². The van der Waals surface area contributed by atoms with E-state index in [0.29, 0.717) is 51.3 Å². The Morgan fingerprint density at radius 3 is 2.77 bits per heavy atom. The van der Waals surface area contributed by atoms with E-state index in [4.69, 9.17) is 28.9 Å². The molecule has 0 fully saturated rings. The first kappa shape index (κ1) is 21.9. The Morgan fingerprint density at radius 2 is 2.10 bits per heavy atom. The molecule has 1 aliphatic heterocycles. The Balaban J connectivity index is 1.92. The number of Topliss-reactive ketones (excluding diaryl/α,β-unsaturated/α-hetero) is 1. The van der Waals surface area contributed by atoms with Crippen LogP contribution >= 0.6 is 46.3 Å². The summed E-state index contributed by atoms with van der Waals surface area (Å²) in [6.07, 6.45) is 3.48. The van der Waals surface area contributed by atoms with Crippen LogP contribution in [0.15, 0.2) is 57.9 Å². The van der Waals surface area contributed by atoms with Gasteiger partial charge in [-0.1, -0.05) is 58.4 Å². The normalized spacial score (nSPS) is 18.8. The molecule has 2 N–H and O–H groups in total. The summed E-state index contributed by atoms with van der Waals surface area (Å²) < 4.78 is 0.752. The van der Waals surface area contributed by atoms with Crippen molar-refractivity contribution in [2.45, 2.75) is 29.5 Å². The number of rotatable bonds is 5. The Bertz CT molecular complexity index is 1160. The molecule has 0 radical (unpaired) electrons. The van der Waals surface area contributed by atoms with Gasteiger partial charge in [-0.25, -0.2) is 0 Å². The van der Waals surface area contributed by atoms with Gasteiger partial charge in [-0.15, -0.1) is 16.8 Å². The number of benzene rings is 1. The minimum absolute atomic E-state index is 0.0433. The molecule has 1 atom stereocenters. The molecular formula is C21H17Cl2N5OS2. The maximum absolute atomic E-state index is 13.1. The highest BCUT2D eigenvalue weighted by Crippen LogP contribution is 2.49. The molecule has 0 spiro atoms. The third kappa shape index (κ3) is 3.87. The van der Waals surface area contributed by atoms with Crippen molar-refractivity contribution in [1.82, 2.24) is 10.2 Å². The number of nitrogens with zero attached hydrogens (tertiary/aromatic N) is 4. The zero-order chi connectivity index (χ0) is 22.1. The Kier molecular flexibility index (Phi) is 6.39. The molecular weight excluding hydrogens is 473 g/mol. The van der Waals surface area contributed by atoms with E-state index in [1.54, 1.807) is 29.2 Å². The maximum atomic E-state index is 13.1. The van der Waals surface area contributed by atoms with Crippen molar-refractivity contribution in [2.24, 2.45) is 5.73 Å². The fourth-order valence-corrected chi connectivity index (χ4v) is 6.12. The molecule has 6 nitrogen and oxygen atoms in total. The Hall–Kier alpha value is -2.31. The molecule has 1 unspecified atom stereocenters. The van der Waals surface area contributed by atoms with Crippen molar-refractivity contribution in [3.05, 3.63) is 69.1 Å². The smallest absolute Gasteiger partial charge is 0.219 e. The summed E-state index contributed by atoms with van der Waals surface area (Å²) in [5, 5.41) is 19.8. The number of carbonyl (C=O) groups excluding carboxylic acids is 1. The standard InChI is InChI=1S/C21H17Cl2N5OS2/c1-2-9-30-21-27-26-20(31-21)28-14-7-4-8-15(29)18(14)16(11(10-24)19(28)25)17-12(22)5-3-6-13(17)23/h2-3,5-6,16H,1,4,7-9,25H2. The monoisotopic (exact) mass is 489 g/mol. The number of carbonyl (C=O) groups is 1. The summed E-state index contributed by atoms with van der Waals surface area (Å²) in [6, 6.07) is 7.32. The summed E-state index contributed by atoms with van der Waals surface area (Å²) in [5.74, 6) is 0.155. The van der Waals surface area contributed by atoms with E-state index in [-0.39, 0.29) is 17.2 Å². The third-order valence-electron chi connectivity index (χ3n) is 5.11. The second-order valence-electron chi connectivity index (χ2n) is 6.90. The highest BCUT2D eigenvalue weighted by Gasteiger charge is 2.42. The fraction of sp³-hybridized carbons (Fsp3) is 0.238. The van der Waals surface area contributed by atoms with Gasteiger partial charge >= 0.3 is 0 Å². The molecule has 2 heterocycles. The fourth-order valence-electron chi connectivity index (χ4n) is 3.86. The number of aromatic nitrogens is 2. The Morgan fingerprint density at radius 1 is 1.35 bits per heavy atom. The summed E-state index contributed by atoms with van der Waals surface area (Å²) >= 11 is 15.8. The van der Waals surface area contributed by atoms with Gasteiger partial charge in [-0.2, -0.15) is 5.26 Å². The van der Waals surface area contributed by atoms with Crippen LogP contribution in [0.4, 0.5) is 5.13 Å². The molecule has 0 bridgehead atoms. The molecule has 1 aliphatic carbocycles. The molecule has 1 aromatic carbocycles. The number of thioether (sulfide) groups is 1. The Labute approximate surface area is 198 Å². The van der Waals surface area contributed by atoms with Crippen LogP contribution in [-0.4, -0.2) is 21.7 Å². The van der Waals surface area contributed by atoms with Crippen molar-refractivity contribution in [3.63, 3.8) is 0 Å². The van der Waals surface area contributed by atoms with Crippen molar-refractivity contribution in [1.29, 1.82) is 5.26 Å². The maximum Gasteiger partial charge on any atom is 0.219 e. The lowest BCUT2D eigenvalue weighted by atomic mass is 9.75. The predicted octanol–water partition coefficient (Wildman–Crippen LogP) is 5.43. The SMILES string of the molecule is C=CCSc1nnc(N2C(N)=C(C#N)C(c3c(Cl)cccc3Cl)C3=C2CCCC3=O)s1. The van der Waals surface area contributed by atoms with Crippen LogP contribution in [-0.2, 0) is 4.79 Å². The van der Waals surface area contributed by atoms with Crippen molar-refractivity contribution in [3.8, 4) is 6.07 Å². The van der Waals surface area contributed by atoms with Crippen LogP contribution in [0.5, 0.6) is 0 Å². The van der Waals surface area contributed by atoms with Crippen LogP contribution < -0.4 is 10.6 Å². The number of nitrogens with two attached hydrogens (primary N) is 1. The average molecular weight is 490 g/mol. The van der Waals surface area contributed by atoms with Crippen LogP contribution in [0.2, 0.25) is 10.0 Å². The van der Waals surface area contributed by atoms with Crippen molar-refractivity contribution in [2.75, 3.05) is 10.7 Å². The molecule has 31 heavy (non-hydrogen) atoms. The molecule has 10 heteroatoms. The van der Waals surface area contributed by atoms with E-state index in [0.717, 1.165) is 10.0 Å². The van der Waals surface area contributed by atoms with E-state index in [1.165, 1.54) is 23.1 Å². The van der Waals surface area contributed by atoms with Gasteiger partial charge in [-0.05, 0) is 25.0 Å².